The summed E-state index contributed by atoms with van der Waals surface area (Å²) in [5.41, 5.74) is 3.16. The van der Waals surface area contributed by atoms with Crippen molar-refractivity contribution < 1.29 is 0 Å². The molecule has 0 saturated carbocycles. The average Bonchev–Trinajstić information content (AvgIpc) is 2.92. The summed E-state index contributed by atoms with van der Waals surface area (Å²) in [5.74, 6) is 0.907. The lowest BCUT2D eigenvalue weighted by Gasteiger charge is -2.31. The van der Waals surface area contributed by atoms with Gasteiger partial charge in [-0.15, -0.1) is 11.3 Å². The van der Waals surface area contributed by atoms with Gasteiger partial charge in [-0.2, -0.15) is 0 Å². The molecule has 1 N–H and O–H groups in total. The summed E-state index contributed by atoms with van der Waals surface area (Å²) in [5, 5.41) is 5.88. The summed E-state index contributed by atoms with van der Waals surface area (Å²) >= 11 is 1.69. The van der Waals surface area contributed by atoms with E-state index < -0.39 is 0 Å². The smallest absolute Gasteiger partial charge is 0.0794 e. The van der Waals surface area contributed by atoms with Crippen molar-refractivity contribution in [1.29, 1.82) is 0 Å². The summed E-state index contributed by atoms with van der Waals surface area (Å²) in [6.45, 7) is 5.04. The molecule has 0 aromatic carbocycles. The van der Waals surface area contributed by atoms with Crippen LogP contribution in [0.1, 0.15) is 18.5 Å². The van der Waals surface area contributed by atoms with Gasteiger partial charge in [0.2, 0.25) is 0 Å². The topological polar surface area (TPSA) is 28.2 Å². The summed E-state index contributed by atoms with van der Waals surface area (Å²) < 4.78 is 0. The van der Waals surface area contributed by atoms with Crippen LogP contribution in [0.25, 0.3) is 0 Å². The minimum Gasteiger partial charge on any atom is -0.313 e. The Hall–Kier alpha value is -0.450. The van der Waals surface area contributed by atoms with Crippen molar-refractivity contribution in [2.45, 2.75) is 25.3 Å². The summed E-state index contributed by atoms with van der Waals surface area (Å²) in [6, 6.07) is 0.761. The Morgan fingerprint density at radius 2 is 2.38 bits per heavy atom. The van der Waals surface area contributed by atoms with Crippen molar-refractivity contribution in [3.63, 3.8) is 0 Å². The van der Waals surface area contributed by atoms with E-state index in [0.29, 0.717) is 0 Å². The number of hydrogen-bond donors (Lipinski definition) is 1. The standard InChI is InChI=1S/C12H19N3S/c1(11-8-16-9-14-11)4-13-12-3-6-15-5-2-10(12)7-15/h8-10,12-13H,1-7H2. The Morgan fingerprint density at radius 1 is 1.44 bits per heavy atom. The van der Waals surface area contributed by atoms with Crippen molar-refractivity contribution in [2.24, 2.45) is 5.92 Å². The number of aromatic nitrogens is 1. The highest BCUT2D eigenvalue weighted by molar-refractivity contribution is 7.07. The van der Waals surface area contributed by atoms with E-state index in [2.05, 4.69) is 20.6 Å². The van der Waals surface area contributed by atoms with Gasteiger partial charge in [0.15, 0.2) is 0 Å². The highest BCUT2D eigenvalue weighted by Gasteiger charge is 2.33. The minimum atomic E-state index is 0.761. The van der Waals surface area contributed by atoms with Crippen LogP contribution in [0.15, 0.2) is 10.9 Å². The normalized spacial score (nSPS) is 33.1. The van der Waals surface area contributed by atoms with Gasteiger partial charge in [0.05, 0.1) is 11.2 Å². The van der Waals surface area contributed by atoms with Gasteiger partial charge in [-0.05, 0) is 31.8 Å². The first-order valence-corrected chi connectivity index (χ1v) is 7.19. The number of nitrogens with one attached hydrogen (secondary N) is 1. The molecular formula is C12H19N3S. The highest BCUT2D eigenvalue weighted by atomic mass is 32.1. The Morgan fingerprint density at radius 3 is 3.25 bits per heavy atom. The van der Waals surface area contributed by atoms with Crippen molar-refractivity contribution >= 4 is 11.3 Å². The SMILES string of the molecule is c1nc(CCNC2CCN3CCC2C3)cs1. The molecule has 3 atom stereocenters. The van der Waals surface area contributed by atoms with Gasteiger partial charge < -0.3 is 10.2 Å². The van der Waals surface area contributed by atoms with Gasteiger partial charge in [0.25, 0.3) is 0 Å². The lowest BCUT2D eigenvalue weighted by atomic mass is 9.94. The number of thiazole rings is 1. The van der Waals surface area contributed by atoms with Gasteiger partial charge in [-0.3, -0.25) is 0 Å². The minimum absolute atomic E-state index is 0.761. The number of piperidine rings is 1. The second-order valence-corrected chi connectivity index (χ2v) is 5.65. The third kappa shape index (κ3) is 2.29. The first-order valence-electron chi connectivity index (χ1n) is 6.24. The van der Waals surface area contributed by atoms with Gasteiger partial charge in [0, 0.05) is 30.9 Å². The van der Waals surface area contributed by atoms with Crippen LogP contribution < -0.4 is 5.32 Å². The molecule has 2 saturated heterocycles. The molecule has 2 aliphatic rings. The summed E-state index contributed by atoms with van der Waals surface area (Å²) in [4.78, 5) is 6.92. The maximum Gasteiger partial charge on any atom is 0.0794 e. The first kappa shape index (κ1) is 10.7. The molecule has 2 aliphatic heterocycles. The molecule has 0 amide bonds. The van der Waals surface area contributed by atoms with E-state index in [1.54, 1.807) is 11.3 Å². The number of hydrogen-bond acceptors (Lipinski definition) is 4. The van der Waals surface area contributed by atoms with E-state index >= 15 is 0 Å². The predicted octanol–water partition coefficient (Wildman–Crippen LogP) is 1.37. The van der Waals surface area contributed by atoms with Gasteiger partial charge in [0.1, 0.15) is 0 Å². The van der Waals surface area contributed by atoms with Crippen LogP contribution in [-0.4, -0.2) is 42.1 Å². The average molecular weight is 237 g/mol. The van der Waals surface area contributed by atoms with Crippen molar-refractivity contribution in [3.05, 3.63) is 16.6 Å². The third-order valence-electron chi connectivity index (χ3n) is 3.91. The molecule has 88 valence electrons. The van der Waals surface area contributed by atoms with Crippen LogP contribution in [0.2, 0.25) is 0 Å². The van der Waals surface area contributed by atoms with E-state index in [4.69, 9.17) is 0 Å². The lowest BCUT2D eigenvalue weighted by molar-refractivity contribution is 0.222. The fourth-order valence-electron chi connectivity index (χ4n) is 2.97. The number of nitrogens with zero attached hydrogens (tertiary/aromatic N) is 2. The van der Waals surface area contributed by atoms with Gasteiger partial charge in [-0.1, -0.05) is 0 Å². The Balaban J connectivity index is 1.45. The quantitative estimate of drug-likeness (QED) is 0.857. The molecule has 3 nitrogen and oxygen atoms in total. The van der Waals surface area contributed by atoms with E-state index in [1.165, 1.54) is 38.2 Å². The maximum atomic E-state index is 4.32. The first-order chi connectivity index (χ1) is 7.92. The molecule has 3 heterocycles. The number of fused-ring (bicyclic) bond motifs is 2. The molecule has 3 unspecified atom stereocenters. The molecule has 0 radical (unpaired) electrons. The third-order valence-corrected chi connectivity index (χ3v) is 4.54. The zero-order valence-electron chi connectivity index (χ0n) is 9.56. The van der Waals surface area contributed by atoms with Crippen molar-refractivity contribution in [1.82, 2.24) is 15.2 Å². The molecule has 3 rings (SSSR count). The second-order valence-electron chi connectivity index (χ2n) is 4.93. The zero-order valence-corrected chi connectivity index (χ0v) is 10.4. The van der Waals surface area contributed by atoms with E-state index in [1.807, 2.05) is 5.51 Å². The van der Waals surface area contributed by atoms with Crippen molar-refractivity contribution in [3.8, 4) is 0 Å². The van der Waals surface area contributed by atoms with Gasteiger partial charge >= 0.3 is 0 Å². The molecule has 0 aliphatic carbocycles. The zero-order chi connectivity index (χ0) is 10.8. The molecule has 0 spiro atoms. The Labute approximate surface area is 101 Å². The van der Waals surface area contributed by atoms with Crippen LogP contribution in [0.4, 0.5) is 0 Å². The van der Waals surface area contributed by atoms with Crippen LogP contribution in [0, 0.1) is 5.92 Å². The molecule has 4 heteroatoms. The van der Waals surface area contributed by atoms with E-state index in [-0.39, 0.29) is 0 Å². The maximum absolute atomic E-state index is 4.32. The highest BCUT2D eigenvalue weighted by Crippen LogP contribution is 2.26. The monoisotopic (exact) mass is 237 g/mol. The van der Waals surface area contributed by atoms with E-state index in [0.717, 1.165) is 24.9 Å². The second kappa shape index (κ2) is 4.82. The van der Waals surface area contributed by atoms with E-state index in [9.17, 15) is 0 Å². The van der Waals surface area contributed by atoms with Gasteiger partial charge in [-0.25, -0.2) is 4.98 Å². The van der Waals surface area contributed by atoms with Crippen LogP contribution in [0.3, 0.4) is 0 Å². The Kier molecular flexibility index (Phi) is 3.22. The van der Waals surface area contributed by atoms with Crippen LogP contribution >= 0.6 is 11.3 Å². The molecule has 1 aromatic heterocycles. The Bertz CT molecular complexity index is 325. The molecule has 2 fully saturated rings. The van der Waals surface area contributed by atoms with Crippen molar-refractivity contribution in [2.75, 3.05) is 26.2 Å². The molecule has 1 aromatic rings. The lowest BCUT2D eigenvalue weighted by Crippen LogP contribution is -2.44. The summed E-state index contributed by atoms with van der Waals surface area (Å²) in [6.07, 6.45) is 3.81. The van der Waals surface area contributed by atoms with Crippen LogP contribution in [-0.2, 0) is 6.42 Å². The summed E-state index contributed by atoms with van der Waals surface area (Å²) in [7, 11) is 0. The fourth-order valence-corrected chi connectivity index (χ4v) is 3.56. The predicted molar refractivity (Wildman–Crippen MR) is 66.8 cm³/mol. The fraction of sp³-hybridized carbons (Fsp3) is 0.750. The molecule has 16 heavy (non-hydrogen) atoms. The molecule has 2 bridgehead atoms. The molecular weight excluding hydrogens is 218 g/mol. The van der Waals surface area contributed by atoms with Crippen LogP contribution in [0.5, 0.6) is 0 Å². The largest absolute Gasteiger partial charge is 0.313 e. The number of rotatable bonds is 4.